The van der Waals surface area contributed by atoms with Gasteiger partial charge < -0.3 is 5.32 Å². The standard InChI is InChI=1S/C21H20ClFN4O3/c1-13(2)11-24-19(28)18-20(29)26(12-14-5-3-4-6-17(14)23)21(30)27(25-18)16-9-7-15(22)8-10-16/h3-10,13H,11-12H2,1-2H3,(H,24,28). The molecule has 0 aliphatic carbocycles. The third-order valence-electron chi connectivity index (χ3n) is 4.30. The van der Waals surface area contributed by atoms with Gasteiger partial charge in [-0.2, -0.15) is 9.78 Å². The topological polar surface area (TPSA) is 86.0 Å². The molecule has 0 saturated heterocycles. The van der Waals surface area contributed by atoms with Crippen molar-refractivity contribution in [2.45, 2.75) is 20.4 Å². The van der Waals surface area contributed by atoms with E-state index in [-0.39, 0.29) is 18.0 Å². The third-order valence-corrected chi connectivity index (χ3v) is 4.56. The van der Waals surface area contributed by atoms with Gasteiger partial charge >= 0.3 is 5.69 Å². The number of amides is 1. The van der Waals surface area contributed by atoms with Crippen LogP contribution in [0.1, 0.15) is 29.9 Å². The van der Waals surface area contributed by atoms with Crippen molar-refractivity contribution in [1.82, 2.24) is 19.7 Å². The van der Waals surface area contributed by atoms with E-state index in [4.69, 9.17) is 11.6 Å². The van der Waals surface area contributed by atoms with E-state index in [9.17, 15) is 18.8 Å². The number of rotatable bonds is 6. The lowest BCUT2D eigenvalue weighted by Crippen LogP contribution is -2.46. The van der Waals surface area contributed by atoms with Crippen molar-refractivity contribution in [3.8, 4) is 5.69 Å². The molecule has 9 heteroatoms. The van der Waals surface area contributed by atoms with Crippen LogP contribution in [0.25, 0.3) is 5.69 Å². The molecular formula is C21H20ClFN4O3. The first kappa shape index (κ1) is 21.4. The van der Waals surface area contributed by atoms with Gasteiger partial charge in [-0.05, 0) is 36.2 Å². The summed E-state index contributed by atoms with van der Waals surface area (Å²) in [5.41, 5.74) is -1.70. The van der Waals surface area contributed by atoms with Gasteiger partial charge in [-0.15, -0.1) is 0 Å². The Bertz CT molecular complexity index is 1190. The lowest BCUT2D eigenvalue weighted by molar-refractivity contribution is 0.0939. The molecule has 7 nitrogen and oxygen atoms in total. The zero-order chi connectivity index (χ0) is 21.8. The van der Waals surface area contributed by atoms with Crippen LogP contribution in [-0.4, -0.2) is 26.8 Å². The molecule has 3 rings (SSSR count). The van der Waals surface area contributed by atoms with E-state index in [0.29, 0.717) is 17.3 Å². The molecule has 3 aromatic rings. The largest absolute Gasteiger partial charge is 0.352 e. The molecule has 0 saturated carbocycles. The summed E-state index contributed by atoms with van der Waals surface area (Å²) >= 11 is 5.90. The molecule has 0 fully saturated rings. The van der Waals surface area contributed by atoms with E-state index in [1.807, 2.05) is 13.8 Å². The van der Waals surface area contributed by atoms with E-state index >= 15 is 0 Å². The van der Waals surface area contributed by atoms with Crippen molar-refractivity contribution in [3.63, 3.8) is 0 Å². The highest BCUT2D eigenvalue weighted by Gasteiger charge is 2.21. The second-order valence-corrected chi connectivity index (χ2v) is 7.54. The van der Waals surface area contributed by atoms with Crippen molar-refractivity contribution in [3.05, 3.63) is 91.5 Å². The highest BCUT2D eigenvalue weighted by Crippen LogP contribution is 2.12. The fraction of sp³-hybridized carbons (Fsp3) is 0.238. The molecule has 0 unspecified atom stereocenters. The minimum absolute atomic E-state index is 0.138. The smallest absolute Gasteiger partial charge is 0.350 e. The number of halogens is 2. The Balaban J connectivity index is 2.17. The minimum Gasteiger partial charge on any atom is -0.350 e. The highest BCUT2D eigenvalue weighted by atomic mass is 35.5. The van der Waals surface area contributed by atoms with Crippen LogP contribution < -0.4 is 16.6 Å². The highest BCUT2D eigenvalue weighted by molar-refractivity contribution is 6.30. The van der Waals surface area contributed by atoms with E-state index in [1.165, 1.54) is 30.3 Å². The van der Waals surface area contributed by atoms with E-state index in [2.05, 4.69) is 10.4 Å². The van der Waals surface area contributed by atoms with Crippen LogP contribution in [0, 0.1) is 11.7 Å². The Morgan fingerprint density at radius 2 is 1.80 bits per heavy atom. The Morgan fingerprint density at radius 3 is 2.43 bits per heavy atom. The number of benzene rings is 2. The first-order valence-electron chi connectivity index (χ1n) is 9.29. The second kappa shape index (κ2) is 9.04. The van der Waals surface area contributed by atoms with Gasteiger partial charge in [0.05, 0.1) is 12.2 Å². The predicted molar refractivity (Wildman–Crippen MR) is 112 cm³/mol. The van der Waals surface area contributed by atoms with E-state index < -0.39 is 28.7 Å². The fourth-order valence-electron chi connectivity index (χ4n) is 2.72. The number of hydrogen-bond acceptors (Lipinski definition) is 4. The average molecular weight is 431 g/mol. The van der Waals surface area contributed by atoms with Crippen LogP contribution in [0.15, 0.2) is 58.1 Å². The molecular weight excluding hydrogens is 411 g/mol. The van der Waals surface area contributed by atoms with Crippen molar-refractivity contribution in [2.24, 2.45) is 5.92 Å². The minimum atomic E-state index is -0.894. The summed E-state index contributed by atoms with van der Waals surface area (Å²) in [7, 11) is 0. The van der Waals surface area contributed by atoms with Gasteiger partial charge in [0.2, 0.25) is 5.69 Å². The summed E-state index contributed by atoms with van der Waals surface area (Å²) in [6.45, 7) is 3.79. The summed E-state index contributed by atoms with van der Waals surface area (Å²) in [5, 5.41) is 7.07. The number of nitrogens with one attached hydrogen (secondary N) is 1. The van der Waals surface area contributed by atoms with Crippen molar-refractivity contribution in [2.75, 3.05) is 6.54 Å². The number of aromatic nitrogens is 3. The maximum Gasteiger partial charge on any atom is 0.352 e. The van der Waals surface area contributed by atoms with Crippen LogP contribution in [0.2, 0.25) is 5.02 Å². The number of carbonyl (C=O) groups excluding carboxylic acids is 1. The average Bonchev–Trinajstić information content (AvgIpc) is 2.71. The Morgan fingerprint density at radius 1 is 1.13 bits per heavy atom. The third kappa shape index (κ3) is 4.65. The van der Waals surface area contributed by atoms with E-state index in [0.717, 1.165) is 9.25 Å². The fourth-order valence-corrected chi connectivity index (χ4v) is 2.85. The van der Waals surface area contributed by atoms with Gasteiger partial charge in [-0.1, -0.05) is 43.6 Å². The molecule has 0 bridgehead atoms. The van der Waals surface area contributed by atoms with Crippen LogP contribution in [0.4, 0.5) is 4.39 Å². The molecule has 0 spiro atoms. The monoisotopic (exact) mass is 430 g/mol. The number of nitrogens with zero attached hydrogens (tertiary/aromatic N) is 3. The normalized spacial score (nSPS) is 11.0. The molecule has 0 aliphatic rings. The van der Waals surface area contributed by atoms with Gasteiger partial charge in [0.1, 0.15) is 5.82 Å². The van der Waals surface area contributed by atoms with Gasteiger partial charge in [0, 0.05) is 17.1 Å². The first-order chi connectivity index (χ1) is 14.3. The molecule has 30 heavy (non-hydrogen) atoms. The van der Waals surface area contributed by atoms with Gasteiger partial charge in [0.25, 0.3) is 11.5 Å². The van der Waals surface area contributed by atoms with Crippen molar-refractivity contribution in [1.29, 1.82) is 0 Å². The van der Waals surface area contributed by atoms with Crippen molar-refractivity contribution < 1.29 is 9.18 Å². The molecule has 2 aromatic carbocycles. The van der Waals surface area contributed by atoms with Gasteiger partial charge in [-0.25, -0.2) is 9.18 Å². The molecule has 1 amide bonds. The maximum atomic E-state index is 14.1. The molecule has 0 radical (unpaired) electrons. The lowest BCUT2D eigenvalue weighted by atomic mass is 10.2. The zero-order valence-corrected chi connectivity index (χ0v) is 17.2. The summed E-state index contributed by atoms with van der Waals surface area (Å²) in [4.78, 5) is 38.5. The van der Waals surface area contributed by atoms with Crippen LogP contribution >= 0.6 is 11.6 Å². The lowest BCUT2D eigenvalue weighted by Gasteiger charge is -2.13. The first-order valence-corrected chi connectivity index (χ1v) is 9.67. The molecule has 0 aliphatic heterocycles. The number of hydrogen-bond donors (Lipinski definition) is 1. The molecule has 156 valence electrons. The maximum absolute atomic E-state index is 14.1. The summed E-state index contributed by atoms with van der Waals surface area (Å²) in [5.74, 6) is -1.13. The summed E-state index contributed by atoms with van der Waals surface area (Å²) < 4.78 is 15.9. The summed E-state index contributed by atoms with van der Waals surface area (Å²) in [6, 6.07) is 12.0. The molecule has 1 aromatic heterocycles. The van der Waals surface area contributed by atoms with Crippen molar-refractivity contribution >= 4 is 17.5 Å². The zero-order valence-electron chi connectivity index (χ0n) is 16.4. The van der Waals surface area contributed by atoms with Gasteiger partial charge in [0.15, 0.2) is 0 Å². The Kier molecular flexibility index (Phi) is 6.47. The van der Waals surface area contributed by atoms with Crippen LogP contribution in [0.3, 0.4) is 0 Å². The van der Waals surface area contributed by atoms with Crippen LogP contribution in [0.5, 0.6) is 0 Å². The molecule has 1 heterocycles. The SMILES string of the molecule is CC(C)CNC(=O)c1nn(-c2ccc(Cl)cc2)c(=O)n(Cc2ccccc2F)c1=O. The number of carbonyl (C=O) groups is 1. The summed E-state index contributed by atoms with van der Waals surface area (Å²) in [6.07, 6.45) is 0. The van der Waals surface area contributed by atoms with Gasteiger partial charge in [-0.3, -0.25) is 14.2 Å². The molecule has 1 N–H and O–H groups in total. The quantitative estimate of drug-likeness (QED) is 0.651. The molecule has 0 atom stereocenters. The Labute approximate surface area is 176 Å². The second-order valence-electron chi connectivity index (χ2n) is 7.11. The van der Waals surface area contributed by atoms with Crippen LogP contribution in [-0.2, 0) is 6.54 Å². The predicted octanol–water partition coefficient (Wildman–Crippen LogP) is 2.62. The Hall–Kier alpha value is -3.26. The van der Waals surface area contributed by atoms with E-state index in [1.54, 1.807) is 18.2 Å².